The Labute approximate surface area is 152 Å². The molecule has 1 aromatic carbocycles. The Morgan fingerprint density at radius 3 is 2.63 bits per heavy atom. The number of hydrogen-bond donors (Lipinski definition) is 2. The van der Waals surface area contributed by atoms with Gasteiger partial charge in [-0.1, -0.05) is 0 Å². The van der Waals surface area contributed by atoms with E-state index in [1.54, 1.807) is 6.92 Å². The van der Waals surface area contributed by atoms with Gasteiger partial charge in [0.25, 0.3) is 0 Å². The molecule has 0 bridgehead atoms. The maximum Gasteiger partial charge on any atom is 0.424 e. The van der Waals surface area contributed by atoms with Gasteiger partial charge in [0.2, 0.25) is 5.60 Å². The molecule has 2 rings (SSSR count). The Kier molecular flexibility index (Phi) is 5.94. The summed E-state index contributed by atoms with van der Waals surface area (Å²) in [4.78, 5) is 14.0. The summed E-state index contributed by atoms with van der Waals surface area (Å²) in [6, 6.07) is 3.88. The molecule has 1 heterocycles. The molecule has 11 heteroatoms. The number of nitrogens with one attached hydrogen (secondary N) is 1. The standard InChI is InChI=1S/C16H19F3N4O4/c1-3-27-13-10-11(4-5-12(13)23(25)26)20-7-6-15(24,16(17,18)19)14-21-8-9-22(14)2/h4-5,8-10,20,24H,3,6-7H2,1-2H3/t15-/m0/s1. The number of nitrogens with zero attached hydrogens (tertiary/aromatic N) is 3. The fraction of sp³-hybridized carbons (Fsp3) is 0.438. The van der Waals surface area contributed by atoms with Gasteiger partial charge in [-0.05, 0) is 13.0 Å². The SMILES string of the molecule is CCOc1cc(NCC[C@](O)(c2nccn2C)C(F)(F)F)ccc1[N+](=O)[O-]. The lowest BCUT2D eigenvalue weighted by Gasteiger charge is -2.30. The van der Waals surface area contributed by atoms with Gasteiger partial charge in [-0.2, -0.15) is 13.2 Å². The average molecular weight is 388 g/mol. The smallest absolute Gasteiger partial charge is 0.424 e. The number of benzene rings is 1. The van der Waals surface area contributed by atoms with Gasteiger partial charge in [-0.3, -0.25) is 10.1 Å². The topological polar surface area (TPSA) is 102 Å². The van der Waals surface area contributed by atoms with E-state index in [4.69, 9.17) is 4.74 Å². The molecule has 0 radical (unpaired) electrons. The highest BCUT2D eigenvalue weighted by atomic mass is 19.4. The van der Waals surface area contributed by atoms with E-state index in [0.717, 1.165) is 4.57 Å². The molecular formula is C16H19F3N4O4. The predicted molar refractivity (Wildman–Crippen MR) is 90.5 cm³/mol. The summed E-state index contributed by atoms with van der Waals surface area (Å²) in [6.45, 7) is 1.59. The Hall–Kier alpha value is -2.82. The number of nitro benzene ring substituents is 1. The van der Waals surface area contributed by atoms with Crippen molar-refractivity contribution in [2.75, 3.05) is 18.5 Å². The average Bonchev–Trinajstić information content (AvgIpc) is 3.00. The molecule has 0 aliphatic rings. The van der Waals surface area contributed by atoms with Crippen LogP contribution in [-0.4, -0.2) is 38.9 Å². The monoisotopic (exact) mass is 388 g/mol. The second-order valence-electron chi connectivity index (χ2n) is 5.77. The van der Waals surface area contributed by atoms with E-state index in [1.807, 2.05) is 0 Å². The van der Waals surface area contributed by atoms with Gasteiger partial charge in [0.15, 0.2) is 5.75 Å². The fourth-order valence-corrected chi connectivity index (χ4v) is 2.58. The van der Waals surface area contributed by atoms with Crippen molar-refractivity contribution in [3.8, 4) is 5.75 Å². The molecule has 0 spiro atoms. The van der Waals surface area contributed by atoms with Crippen LogP contribution in [0.3, 0.4) is 0 Å². The van der Waals surface area contributed by atoms with Crippen molar-refractivity contribution in [1.82, 2.24) is 9.55 Å². The minimum absolute atomic E-state index is 0.00249. The normalized spacial score (nSPS) is 13.9. The van der Waals surface area contributed by atoms with Crippen LogP contribution in [0.1, 0.15) is 19.2 Å². The van der Waals surface area contributed by atoms with Crippen molar-refractivity contribution in [1.29, 1.82) is 0 Å². The first-order valence-electron chi connectivity index (χ1n) is 8.02. The Bertz CT molecular complexity index is 809. The molecule has 0 amide bonds. The predicted octanol–water partition coefficient (Wildman–Crippen LogP) is 2.98. The van der Waals surface area contributed by atoms with E-state index in [2.05, 4.69) is 10.3 Å². The maximum absolute atomic E-state index is 13.5. The summed E-state index contributed by atoms with van der Waals surface area (Å²) in [6.07, 6.45) is -3.16. The first-order valence-corrected chi connectivity index (χ1v) is 8.02. The lowest BCUT2D eigenvalue weighted by Crippen LogP contribution is -2.45. The zero-order chi connectivity index (χ0) is 20.2. The molecule has 0 unspecified atom stereocenters. The van der Waals surface area contributed by atoms with Crippen LogP contribution in [0.2, 0.25) is 0 Å². The third kappa shape index (κ3) is 4.30. The van der Waals surface area contributed by atoms with E-state index in [0.29, 0.717) is 5.69 Å². The number of nitro groups is 1. The molecule has 1 atom stereocenters. The van der Waals surface area contributed by atoms with Crippen LogP contribution in [0.4, 0.5) is 24.5 Å². The van der Waals surface area contributed by atoms with Gasteiger partial charge in [-0.25, -0.2) is 4.98 Å². The Morgan fingerprint density at radius 1 is 1.41 bits per heavy atom. The van der Waals surface area contributed by atoms with Crippen LogP contribution in [0.15, 0.2) is 30.6 Å². The number of aryl methyl sites for hydroxylation is 1. The van der Waals surface area contributed by atoms with Gasteiger partial charge in [-0.15, -0.1) is 0 Å². The Balaban J connectivity index is 2.17. The van der Waals surface area contributed by atoms with E-state index in [9.17, 15) is 28.4 Å². The highest BCUT2D eigenvalue weighted by Gasteiger charge is 2.57. The molecule has 2 N–H and O–H groups in total. The molecular weight excluding hydrogens is 369 g/mol. The number of ether oxygens (including phenoxy) is 1. The maximum atomic E-state index is 13.5. The summed E-state index contributed by atoms with van der Waals surface area (Å²) in [5, 5.41) is 23.9. The largest absolute Gasteiger partial charge is 0.487 e. The molecule has 27 heavy (non-hydrogen) atoms. The summed E-state index contributed by atoms with van der Waals surface area (Å²) in [5.41, 5.74) is -3.06. The third-order valence-electron chi connectivity index (χ3n) is 3.93. The summed E-state index contributed by atoms with van der Waals surface area (Å²) in [7, 11) is 1.36. The number of halogens is 3. The molecule has 8 nitrogen and oxygen atoms in total. The zero-order valence-corrected chi connectivity index (χ0v) is 14.7. The lowest BCUT2D eigenvalue weighted by atomic mass is 9.97. The van der Waals surface area contributed by atoms with Crippen LogP contribution in [0.25, 0.3) is 0 Å². The summed E-state index contributed by atoms with van der Waals surface area (Å²) in [5.74, 6) is -0.516. The quantitative estimate of drug-likeness (QED) is 0.532. The lowest BCUT2D eigenvalue weighted by molar-refractivity contribution is -0.385. The number of aliphatic hydroxyl groups is 1. The molecule has 1 aromatic heterocycles. The number of alkyl halides is 3. The van der Waals surface area contributed by atoms with Crippen molar-refractivity contribution < 1.29 is 27.9 Å². The van der Waals surface area contributed by atoms with Gasteiger partial charge < -0.3 is 19.7 Å². The molecule has 0 aliphatic carbocycles. The van der Waals surface area contributed by atoms with E-state index in [-0.39, 0.29) is 24.6 Å². The number of hydrogen-bond acceptors (Lipinski definition) is 6. The van der Waals surface area contributed by atoms with Gasteiger partial charge in [0, 0.05) is 50.2 Å². The molecule has 2 aromatic rings. The van der Waals surface area contributed by atoms with Gasteiger partial charge in [0.05, 0.1) is 11.5 Å². The highest BCUT2D eigenvalue weighted by molar-refractivity contribution is 5.58. The van der Waals surface area contributed by atoms with Crippen molar-refractivity contribution >= 4 is 11.4 Å². The van der Waals surface area contributed by atoms with Crippen LogP contribution in [0.5, 0.6) is 5.75 Å². The van der Waals surface area contributed by atoms with Crippen LogP contribution in [-0.2, 0) is 12.6 Å². The Morgan fingerprint density at radius 2 is 2.11 bits per heavy atom. The molecule has 0 aliphatic heterocycles. The second kappa shape index (κ2) is 7.82. The highest BCUT2D eigenvalue weighted by Crippen LogP contribution is 2.40. The van der Waals surface area contributed by atoms with Crippen molar-refractivity contribution in [3.63, 3.8) is 0 Å². The van der Waals surface area contributed by atoms with E-state index >= 15 is 0 Å². The van der Waals surface area contributed by atoms with Gasteiger partial charge in [0.1, 0.15) is 5.82 Å². The number of anilines is 1. The van der Waals surface area contributed by atoms with Crippen molar-refractivity contribution in [2.24, 2.45) is 7.05 Å². The minimum Gasteiger partial charge on any atom is -0.487 e. The van der Waals surface area contributed by atoms with Crippen LogP contribution in [0, 0.1) is 10.1 Å². The first-order chi connectivity index (χ1) is 12.6. The summed E-state index contributed by atoms with van der Waals surface area (Å²) >= 11 is 0. The molecule has 148 valence electrons. The van der Waals surface area contributed by atoms with Crippen molar-refractivity contribution in [3.05, 3.63) is 46.5 Å². The summed E-state index contributed by atoms with van der Waals surface area (Å²) < 4.78 is 46.7. The molecule has 0 saturated carbocycles. The van der Waals surface area contributed by atoms with E-state index in [1.165, 1.54) is 37.6 Å². The minimum atomic E-state index is -4.93. The van der Waals surface area contributed by atoms with Crippen molar-refractivity contribution in [2.45, 2.75) is 25.1 Å². The van der Waals surface area contributed by atoms with Crippen LogP contribution >= 0.6 is 0 Å². The first kappa shape index (κ1) is 20.5. The van der Waals surface area contributed by atoms with Crippen LogP contribution < -0.4 is 10.1 Å². The number of imidazole rings is 1. The fourth-order valence-electron chi connectivity index (χ4n) is 2.58. The van der Waals surface area contributed by atoms with E-state index < -0.39 is 28.9 Å². The zero-order valence-electron chi connectivity index (χ0n) is 14.7. The second-order valence-corrected chi connectivity index (χ2v) is 5.77. The third-order valence-corrected chi connectivity index (χ3v) is 3.93. The number of rotatable bonds is 8. The van der Waals surface area contributed by atoms with Gasteiger partial charge >= 0.3 is 11.9 Å². The molecule has 0 saturated heterocycles. The molecule has 0 fully saturated rings. The number of aromatic nitrogens is 2.